The van der Waals surface area contributed by atoms with E-state index in [1.807, 2.05) is 4.90 Å². The van der Waals surface area contributed by atoms with E-state index >= 15 is 0 Å². The predicted molar refractivity (Wildman–Crippen MR) is 67.1 cm³/mol. The maximum absolute atomic E-state index is 11.9. The molecule has 0 N–H and O–H groups in total. The van der Waals surface area contributed by atoms with Crippen molar-refractivity contribution in [3.63, 3.8) is 0 Å². The normalized spacial score (nSPS) is 19.3. The molecule has 98 valence electrons. The van der Waals surface area contributed by atoms with E-state index < -0.39 is 0 Å². The third-order valence-corrected chi connectivity index (χ3v) is 2.91. The lowest BCUT2D eigenvalue weighted by Gasteiger charge is -2.17. The zero-order chi connectivity index (χ0) is 13.0. The van der Waals surface area contributed by atoms with Crippen LogP contribution in [0.5, 0.6) is 5.88 Å². The van der Waals surface area contributed by atoms with Gasteiger partial charge in [-0.25, -0.2) is 4.98 Å². The van der Waals surface area contributed by atoms with Crippen LogP contribution in [0.1, 0.15) is 26.7 Å². The molecule has 18 heavy (non-hydrogen) atoms. The Labute approximate surface area is 107 Å². The average Bonchev–Trinajstić information content (AvgIpc) is 2.78. The summed E-state index contributed by atoms with van der Waals surface area (Å²) in [6, 6.07) is 0. The summed E-state index contributed by atoms with van der Waals surface area (Å²) in [5, 5.41) is 0. The van der Waals surface area contributed by atoms with Crippen molar-refractivity contribution in [2.75, 3.05) is 13.1 Å². The maximum atomic E-state index is 11.9. The monoisotopic (exact) mass is 249 g/mol. The molecule has 1 atom stereocenters. The van der Waals surface area contributed by atoms with Crippen LogP contribution < -0.4 is 4.74 Å². The molecule has 0 saturated carbocycles. The van der Waals surface area contributed by atoms with E-state index in [1.165, 1.54) is 0 Å². The quantitative estimate of drug-likeness (QED) is 0.811. The first-order valence-corrected chi connectivity index (χ1v) is 6.35. The van der Waals surface area contributed by atoms with Crippen LogP contribution in [0, 0.1) is 5.92 Å². The predicted octanol–water partition coefficient (Wildman–Crippen LogP) is 1.50. The fraction of sp³-hybridized carbons (Fsp3) is 0.615. The molecule has 1 fully saturated rings. The molecule has 1 aliphatic heterocycles. The summed E-state index contributed by atoms with van der Waals surface area (Å²) in [4.78, 5) is 21.8. The fourth-order valence-corrected chi connectivity index (χ4v) is 2.05. The van der Waals surface area contributed by atoms with Gasteiger partial charge in [-0.05, 0) is 5.92 Å². The number of carbonyl (C=O) groups excluding carboxylic acids is 1. The van der Waals surface area contributed by atoms with E-state index in [2.05, 4.69) is 23.8 Å². The van der Waals surface area contributed by atoms with Crippen molar-refractivity contribution in [1.82, 2.24) is 14.9 Å². The molecule has 1 saturated heterocycles. The van der Waals surface area contributed by atoms with Gasteiger partial charge in [-0.15, -0.1) is 0 Å². The van der Waals surface area contributed by atoms with Crippen molar-refractivity contribution < 1.29 is 9.53 Å². The Morgan fingerprint density at radius 2 is 2.39 bits per heavy atom. The van der Waals surface area contributed by atoms with Crippen molar-refractivity contribution in [3.05, 3.63) is 18.6 Å². The molecule has 1 unspecified atom stereocenters. The molecule has 0 aliphatic carbocycles. The van der Waals surface area contributed by atoms with Crippen LogP contribution in [0.2, 0.25) is 0 Å². The molecular weight excluding hydrogens is 230 g/mol. The minimum absolute atomic E-state index is 0.0396. The minimum Gasteiger partial charge on any atom is -0.471 e. The van der Waals surface area contributed by atoms with Gasteiger partial charge in [0.2, 0.25) is 11.8 Å². The largest absolute Gasteiger partial charge is 0.471 e. The third kappa shape index (κ3) is 3.42. The van der Waals surface area contributed by atoms with Crippen molar-refractivity contribution in [2.45, 2.75) is 32.8 Å². The number of hydrogen-bond donors (Lipinski definition) is 0. The van der Waals surface area contributed by atoms with Crippen LogP contribution in [0.15, 0.2) is 18.6 Å². The van der Waals surface area contributed by atoms with E-state index in [0.717, 1.165) is 13.0 Å². The van der Waals surface area contributed by atoms with Crippen LogP contribution in [0.3, 0.4) is 0 Å². The molecule has 5 nitrogen and oxygen atoms in total. The van der Waals surface area contributed by atoms with Crippen LogP contribution in [-0.4, -0.2) is 40.0 Å². The van der Waals surface area contributed by atoms with Gasteiger partial charge in [-0.3, -0.25) is 9.78 Å². The second-order valence-electron chi connectivity index (χ2n) is 5.01. The van der Waals surface area contributed by atoms with E-state index in [4.69, 9.17) is 4.74 Å². The smallest absolute Gasteiger partial charge is 0.232 e. The highest BCUT2D eigenvalue weighted by molar-refractivity contribution is 5.76. The Bertz CT molecular complexity index is 394. The third-order valence-electron chi connectivity index (χ3n) is 2.91. The van der Waals surface area contributed by atoms with Gasteiger partial charge in [0.25, 0.3) is 0 Å². The number of ether oxygens (including phenoxy) is 1. The molecule has 2 rings (SSSR count). The van der Waals surface area contributed by atoms with E-state index in [0.29, 0.717) is 24.8 Å². The first kappa shape index (κ1) is 12.8. The molecule has 1 aromatic heterocycles. The fourth-order valence-electron chi connectivity index (χ4n) is 2.05. The van der Waals surface area contributed by atoms with Gasteiger partial charge in [0.1, 0.15) is 6.10 Å². The lowest BCUT2D eigenvalue weighted by Crippen LogP contribution is -2.31. The Kier molecular flexibility index (Phi) is 4.12. The van der Waals surface area contributed by atoms with E-state index in [9.17, 15) is 4.79 Å². The SMILES string of the molecule is CC(C)CC(=O)N1CCC(Oc2cnccn2)C1. The highest BCUT2D eigenvalue weighted by atomic mass is 16.5. The summed E-state index contributed by atoms with van der Waals surface area (Å²) in [6.07, 6.45) is 6.32. The second kappa shape index (κ2) is 5.80. The van der Waals surface area contributed by atoms with Crippen LogP contribution in [-0.2, 0) is 4.79 Å². The molecule has 0 bridgehead atoms. The van der Waals surface area contributed by atoms with Gasteiger partial charge in [0, 0.05) is 31.8 Å². The van der Waals surface area contributed by atoms with E-state index in [-0.39, 0.29) is 12.0 Å². The van der Waals surface area contributed by atoms with Gasteiger partial charge in [-0.2, -0.15) is 0 Å². The Balaban J connectivity index is 1.83. The zero-order valence-corrected chi connectivity index (χ0v) is 10.9. The van der Waals surface area contributed by atoms with Gasteiger partial charge < -0.3 is 9.64 Å². The van der Waals surface area contributed by atoms with Crippen molar-refractivity contribution >= 4 is 5.91 Å². The summed E-state index contributed by atoms with van der Waals surface area (Å²) in [7, 11) is 0. The molecule has 1 aromatic rings. The van der Waals surface area contributed by atoms with Crippen LogP contribution in [0.4, 0.5) is 0 Å². The highest BCUT2D eigenvalue weighted by Crippen LogP contribution is 2.17. The summed E-state index contributed by atoms with van der Waals surface area (Å²) < 4.78 is 5.69. The Hall–Kier alpha value is -1.65. The minimum atomic E-state index is 0.0396. The molecular formula is C13H19N3O2. The molecule has 0 spiro atoms. The highest BCUT2D eigenvalue weighted by Gasteiger charge is 2.27. The Morgan fingerprint density at radius 1 is 1.56 bits per heavy atom. The van der Waals surface area contributed by atoms with Crippen molar-refractivity contribution in [1.29, 1.82) is 0 Å². The number of rotatable bonds is 4. The molecule has 0 radical (unpaired) electrons. The summed E-state index contributed by atoms with van der Waals surface area (Å²) in [6.45, 7) is 5.54. The van der Waals surface area contributed by atoms with Crippen molar-refractivity contribution in [3.8, 4) is 5.88 Å². The summed E-state index contributed by atoms with van der Waals surface area (Å²) in [5.74, 6) is 1.15. The number of nitrogens with zero attached hydrogens (tertiary/aromatic N) is 3. The summed E-state index contributed by atoms with van der Waals surface area (Å²) in [5.41, 5.74) is 0. The van der Waals surface area contributed by atoms with Crippen LogP contribution >= 0.6 is 0 Å². The van der Waals surface area contributed by atoms with Gasteiger partial charge in [0.05, 0.1) is 12.7 Å². The maximum Gasteiger partial charge on any atom is 0.232 e. The second-order valence-corrected chi connectivity index (χ2v) is 5.01. The van der Waals surface area contributed by atoms with E-state index in [1.54, 1.807) is 18.6 Å². The number of likely N-dealkylation sites (tertiary alicyclic amines) is 1. The molecule has 1 amide bonds. The van der Waals surface area contributed by atoms with Crippen molar-refractivity contribution in [2.24, 2.45) is 5.92 Å². The molecule has 2 heterocycles. The lowest BCUT2D eigenvalue weighted by atomic mass is 10.1. The first-order valence-electron chi connectivity index (χ1n) is 6.35. The molecule has 5 heteroatoms. The number of carbonyl (C=O) groups is 1. The average molecular weight is 249 g/mol. The molecule has 0 aromatic carbocycles. The topological polar surface area (TPSA) is 55.3 Å². The van der Waals surface area contributed by atoms with Gasteiger partial charge in [0.15, 0.2) is 0 Å². The standard InChI is InChI=1S/C13H19N3O2/c1-10(2)7-13(17)16-6-3-11(9-16)18-12-8-14-4-5-15-12/h4-5,8,10-11H,3,6-7,9H2,1-2H3. The number of hydrogen-bond acceptors (Lipinski definition) is 4. The van der Waals surface area contributed by atoms with Crippen LogP contribution in [0.25, 0.3) is 0 Å². The number of amides is 1. The summed E-state index contributed by atoms with van der Waals surface area (Å²) >= 11 is 0. The number of aromatic nitrogens is 2. The lowest BCUT2D eigenvalue weighted by molar-refractivity contribution is -0.131. The Morgan fingerprint density at radius 3 is 3.06 bits per heavy atom. The first-order chi connectivity index (χ1) is 8.65. The zero-order valence-electron chi connectivity index (χ0n) is 10.9. The van der Waals surface area contributed by atoms with Gasteiger partial charge in [-0.1, -0.05) is 13.8 Å². The van der Waals surface area contributed by atoms with Gasteiger partial charge >= 0.3 is 0 Å². The molecule has 1 aliphatic rings.